The van der Waals surface area contributed by atoms with Gasteiger partial charge in [-0.2, -0.15) is 0 Å². The Balaban J connectivity index is 2.72. The summed E-state index contributed by atoms with van der Waals surface area (Å²) in [6, 6.07) is 2.69. The van der Waals surface area contributed by atoms with Crippen molar-refractivity contribution in [3.05, 3.63) is 22.7 Å². The number of nitrogens with one attached hydrogen (secondary N) is 2. The number of carbonyl (C=O) groups excluding carboxylic acids is 1. The average molecular weight is 302 g/mol. The van der Waals surface area contributed by atoms with Crippen LogP contribution in [0.3, 0.4) is 0 Å². The van der Waals surface area contributed by atoms with Crippen LogP contribution in [0.15, 0.2) is 12.1 Å². The zero-order valence-corrected chi connectivity index (χ0v) is 11.7. The van der Waals surface area contributed by atoms with E-state index in [1.165, 1.54) is 19.2 Å². The molecule has 0 aliphatic carbocycles. The molecule has 0 fully saturated rings. The van der Waals surface area contributed by atoms with Crippen LogP contribution in [0.1, 0.15) is 10.4 Å². The van der Waals surface area contributed by atoms with Crippen molar-refractivity contribution >= 4 is 34.9 Å². The number of anilines is 2. The average Bonchev–Trinajstić information content (AvgIpc) is 2.37. The van der Waals surface area contributed by atoms with E-state index in [0.717, 1.165) is 0 Å². The molecule has 5 N–H and O–H groups in total. The number of benzene rings is 1. The van der Waals surface area contributed by atoms with Crippen LogP contribution in [0, 0.1) is 0 Å². The number of methoxy groups -OCH3 is 1. The van der Waals surface area contributed by atoms with Crippen molar-refractivity contribution in [2.24, 2.45) is 0 Å². The van der Waals surface area contributed by atoms with Gasteiger partial charge in [0.15, 0.2) is 0 Å². The fraction of sp³-hybridized carbons (Fsp3) is 0.333. The molecular formula is C12H16ClN3O4. The predicted molar refractivity (Wildman–Crippen MR) is 76.2 cm³/mol. The first kappa shape index (κ1) is 16.1. The van der Waals surface area contributed by atoms with Crippen LogP contribution in [-0.4, -0.2) is 43.8 Å². The maximum Gasteiger partial charge on any atom is 0.337 e. The number of hydrogen-bond acceptors (Lipinski definition) is 5. The molecule has 1 amide bonds. The monoisotopic (exact) mass is 301 g/mol. The lowest BCUT2D eigenvalue weighted by Crippen LogP contribution is -2.32. The van der Waals surface area contributed by atoms with Gasteiger partial charge >= 0.3 is 5.97 Å². The molecule has 0 saturated carbocycles. The summed E-state index contributed by atoms with van der Waals surface area (Å²) in [6.45, 7) is 0.667. The number of carbonyl (C=O) groups is 2. The van der Waals surface area contributed by atoms with E-state index in [-0.39, 0.29) is 34.4 Å². The molecule has 1 aromatic rings. The lowest BCUT2D eigenvalue weighted by molar-refractivity contribution is -0.119. The van der Waals surface area contributed by atoms with E-state index in [1.807, 2.05) is 0 Å². The Bertz CT molecular complexity index is 508. The molecule has 0 aromatic heterocycles. The van der Waals surface area contributed by atoms with E-state index < -0.39 is 5.97 Å². The lowest BCUT2D eigenvalue weighted by Gasteiger charge is -2.12. The van der Waals surface area contributed by atoms with Crippen molar-refractivity contribution in [3.63, 3.8) is 0 Å². The van der Waals surface area contributed by atoms with E-state index in [9.17, 15) is 9.59 Å². The van der Waals surface area contributed by atoms with Gasteiger partial charge in [-0.15, -0.1) is 0 Å². The Labute approximate surface area is 121 Å². The summed E-state index contributed by atoms with van der Waals surface area (Å²) in [5.74, 6) is -1.48. The van der Waals surface area contributed by atoms with E-state index in [2.05, 4.69) is 10.6 Å². The third kappa shape index (κ3) is 4.60. The van der Waals surface area contributed by atoms with E-state index in [0.29, 0.717) is 13.2 Å². The molecule has 110 valence electrons. The van der Waals surface area contributed by atoms with Gasteiger partial charge < -0.3 is 26.2 Å². The van der Waals surface area contributed by atoms with Gasteiger partial charge in [0.1, 0.15) is 0 Å². The van der Waals surface area contributed by atoms with Crippen molar-refractivity contribution < 1.29 is 19.4 Å². The maximum absolute atomic E-state index is 11.5. The third-order valence-corrected chi connectivity index (χ3v) is 2.70. The highest BCUT2D eigenvalue weighted by Crippen LogP contribution is 2.29. The lowest BCUT2D eigenvalue weighted by atomic mass is 10.1. The summed E-state index contributed by atoms with van der Waals surface area (Å²) >= 11 is 5.93. The van der Waals surface area contributed by atoms with Gasteiger partial charge in [-0.3, -0.25) is 4.79 Å². The van der Waals surface area contributed by atoms with Crippen molar-refractivity contribution in [2.45, 2.75) is 0 Å². The minimum atomic E-state index is -1.18. The van der Waals surface area contributed by atoms with E-state index in [4.69, 9.17) is 27.2 Å². The molecule has 0 saturated heterocycles. The molecule has 0 bridgehead atoms. The highest BCUT2D eigenvalue weighted by atomic mass is 35.5. The van der Waals surface area contributed by atoms with Gasteiger partial charge in [-0.25, -0.2) is 4.79 Å². The highest BCUT2D eigenvalue weighted by molar-refractivity contribution is 6.34. The molecule has 0 heterocycles. The highest BCUT2D eigenvalue weighted by Gasteiger charge is 2.15. The Morgan fingerprint density at radius 3 is 2.75 bits per heavy atom. The molecule has 0 atom stereocenters. The molecule has 8 heteroatoms. The molecule has 1 aromatic carbocycles. The zero-order chi connectivity index (χ0) is 15.1. The number of amides is 1. The Morgan fingerprint density at radius 2 is 2.15 bits per heavy atom. The fourth-order valence-electron chi connectivity index (χ4n) is 1.50. The van der Waals surface area contributed by atoms with E-state index in [1.54, 1.807) is 0 Å². The number of aromatic carboxylic acids is 1. The largest absolute Gasteiger partial charge is 0.478 e. The standard InChI is InChI=1S/C12H16ClN3O4/c1-20-3-2-15-10(17)6-16-11-8(12(18)19)4-7(14)5-9(11)13/h4-5,16H,2-3,6,14H2,1H3,(H,15,17)(H,18,19). The summed E-state index contributed by atoms with van der Waals surface area (Å²) in [7, 11) is 1.53. The van der Waals surface area contributed by atoms with Crippen LogP contribution in [0.5, 0.6) is 0 Å². The molecule has 0 unspecified atom stereocenters. The molecule has 1 rings (SSSR count). The third-order valence-electron chi connectivity index (χ3n) is 2.40. The second kappa shape index (κ2) is 7.56. The molecule has 0 radical (unpaired) electrons. The summed E-state index contributed by atoms with van der Waals surface area (Å²) < 4.78 is 4.79. The fourth-order valence-corrected chi connectivity index (χ4v) is 1.79. The number of nitrogens with two attached hydrogens (primary N) is 1. The van der Waals surface area contributed by atoms with Crippen LogP contribution in [0.2, 0.25) is 5.02 Å². The predicted octanol–water partition coefficient (Wildman–Crippen LogP) is 0.795. The van der Waals surface area contributed by atoms with Crippen LogP contribution in [0.25, 0.3) is 0 Å². The summed E-state index contributed by atoms with van der Waals surface area (Å²) in [4.78, 5) is 22.6. The molecule has 7 nitrogen and oxygen atoms in total. The van der Waals surface area contributed by atoms with Crippen LogP contribution < -0.4 is 16.4 Å². The number of rotatable bonds is 7. The Hall–Kier alpha value is -1.99. The van der Waals surface area contributed by atoms with Crippen LogP contribution in [-0.2, 0) is 9.53 Å². The smallest absolute Gasteiger partial charge is 0.337 e. The number of carboxylic acid groups (broad SMARTS) is 1. The zero-order valence-electron chi connectivity index (χ0n) is 10.9. The number of carboxylic acids is 1. The van der Waals surface area contributed by atoms with Gasteiger partial charge in [-0.1, -0.05) is 11.6 Å². The minimum absolute atomic E-state index is 0.0836. The van der Waals surface area contributed by atoms with E-state index >= 15 is 0 Å². The quantitative estimate of drug-likeness (QED) is 0.437. The number of ether oxygens (including phenoxy) is 1. The summed E-state index contributed by atoms with van der Waals surface area (Å²) in [6.07, 6.45) is 0. The number of hydrogen-bond donors (Lipinski definition) is 4. The molecule has 0 spiro atoms. The van der Waals surface area contributed by atoms with Crippen molar-refractivity contribution in [3.8, 4) is 0 Å². The number of halogens is 1. The SMILES string of the molecule is COCCNC(=O)CNc1c(Cl)cc(N)cc1C(=O)O. The van der Waals surface area contributed by atoms with Gasteiger partial charge in [0, 0.05) is 19.3 Å². The molecule has 0 aliphatic rings. The van der Waals surface area contributed by atoms with Gasteiger partial charge in [-0.05, 0) is 12.1 Å². The first-order valence-corrected chi connectivity index (χ1v) is 6.15. The maximum atomic E-state index is 11.5. The first-order chi connectivity index (χ1) is 9.45. The van der Waals surface area contributed by atoms with Crippen LogP contribution >= 0.6 is 11.6 Å². The molecular weight excluding hydrogens is 286 g/mol. The summed E-state index contributed by atoms with van der Waals surface area (Å²) in [5, 5.41) is 14.5. The van der Waals surface area contributed by atoms with Gasteiger partial charge in [0.25, 0.3) is 0 Å². The minimum Gasteiger partial charge on any atom is -0.478 e. The number of nitrogen functional groups attached to an aromatic ring is 1. The Kier molecular flexibility index (Phi) is 6.08. The topological polar surface area (TPSA) is 114 Å². The first-order valence-electron chi connectivity index (χ1n) is 5.77. The normalized spacial score (nSPS) is 10.1. The van der Waals surface area contributed by atoms with Gasteiger partial charge in [0.2, 0.25) is 5.91 Å². The molecule has 0 aliphatic heterocycles. The van der Waals surface area contributed by atoms with Crippen molar-refractivity contribution in [1.82, 2.24) is 5.32 Å². The Morgan fingerprint density at radius 1 is 1.45 bits per heavy atom. The second-order valence-corrected chi connectivity index (χ2v) is 4.33. The van der Waals surface area contributed by atoms with Crippen molar-refractivity contribution in [1.29, 1.82) is 0 Å². The van der Waals surface area contributed by atoms with Gasteiger partial charge in [0.05, 0.1) is 29.4 Å². The summed E-state index contributed by atoms with van der Waals surface area (Å²) in [5.41, 5.74) is 5.85. The second-order valence-electron chi connectivity index (χ2n) is 3.93. The molecule has 20 heavy (non-hydrogen) atoms. The van der Waals surface area contributed by atoms with Crippen molar-refractivity contribution in [2.75, 3.05) is 37.9 Å². The van der Waals surface area contributed by atoms with Crippen LogP contribution in [0.4, 0.5) is 11.4 Å².